The lowest BCUT2D eigenvalue weighted by Gasteiger charge is -2.14. The second kappa shape index (κ2) is 8.54. The molecule has 0 radical (unpaired) electrons. The summed E-state index contributed by atoms with van der Waals surface area (Å²) < 4.78 is 26.5. The Morgan fingerprint density at radius 1 is 1.12 bits per heavy atom. The van der Waals surface area contributed by atoms with Gasteiger partial charge in [-0.15, -0.1) is 0 Å². The van der Waals surface area contributed by atoms with E-state index in [1.54, 1.807) is 43.3 Å². The summed E-state index contributed by atoms with van der Waals surface area (Å²) in [5.74, 6) is 0.949. The molecule has 0 aliphatic heterocycles. The highest BCUT2D eigenvalue weighted by Gasteiger charge is 2.23. The molecule has 0 atom stereocenters. The molecule has 2 aromatic carbocycles. The molecule has 0 spiro atoms. The number of halogens is 1. The SMILES string of the molecule is Cc1ccc(OCc2ncccc2F)cc1-n1c(=O)[nH]c2c(OCC3CC3)cccc2c1=O. The maximum Gasteiger partial charge on any atom is 0.333 e. The molecule has 0 amide bonds. The number of aromatic amines is 1. The maximum atomic E-state index is 13.8. The minimum Gasteiger partial charge on any atom is -0.491 e. The topological polar surface area (TPSA) is 86.2 Å². The summed E-state index contributed by atoms with van der Waals surface area (Å²) in [6, 6.07) is 13.0. The summed E-state index contributed by atoms with van der Waals surface area (Å²) in [6.07, 6.45) is 3.76. The molecule has 4 aromatic rings. The van der Waals surface area contributed by atoms with Crippen LogP contribution in [0.25, 0.3) is 16.6 Å². The van der Waals surface area contributed by atoms with Crippen LogP contribution in [-0.2, 0) is 6.61 Å². The van der Waals surface area contributed by atoms with Crippen LogP contribution < -0.4 is 20.7 Å². The number of rotatable bonds is 7. The van der Waals surface area contributed by atoms with E-state index in [0.29, 0.717) is 46.2 Å². The molecular weight excluding hydrogens is 425 g/mol. The number of nitrogens with one attached hydrogen (secondary N) is 1. The zero-order valence-electron chi connectivity index (χ0n) is 18.0. The molecule has 7 nitrogen and oxygen atoms in total. The first-order valence-electron chi connectivity index (χ1n) is 10.8. The summed E-state index contributed by atoms with van der Waals surface area (Å²) >= 11 is 0. The maximum absolute atomic E-state index is 13.8. The van der Waals surface area contributed by atoms with Gasteiger partial charge in [0.1, 0.15) is 29.6 Å². The molecular formula is C25H22FN3O4. The molecule has 0 saturated heterocycles. The lowest BCUT2D eigenvalue weighted by Crippen LogP contribution is -2.34. The molecule has 2 aromatic heterocycles. The number of fused-ring (bicyclic) bond motifs is 1. The number of benzene rings is 2. The van der Waals surface area contributed by atoms with E-state index in [2.05, 4.69) is 9.97 Å². The number of aryl methyl sites for hydroxylation is 1. The van der Waals surface area contributed by atoms with Crippen molar-refractivity contribution in [1.82, 2.24) is 14.5 Å². The van der Waals surface area contributed by atoms with Gasteiger partial charge in [0.15, 0.2) is 0 Å². The van der Waals surface area contributed by atoms with Crippen LogP contribution in [0.4, 0.5) is 4.39 Å². The molecule has 1 aliphatic carbocycles. The Morgan fingerprint density at radius 2 is 1.97 bits per heavy atom. The molecule has 2 heterocycles. The molecule has 1 saturated carbocycles. The number of aromatic nitrogens is 3. The molecule has 168 valence electrons. The zero-order chi connectivity index (χ0) is 22.9. The standard InChI is InChI=1S/C25H22FN3O4/c1-15-7-10-17(32-14-20-19(26)5-3-11-27-20)12-21(15)29-24(30)18-4-2-6-22(23(18)28-25(29)31)33-13-16-8-9-16/h2-7,10-12,16H,8-9,13-14H2,1H3,(H,28,31). The summed E-state index contributed by atoms with van der Waals surface area (Å²) in [6.45, 7) is 2.28. The van der Waals surface area contributed by atoms with Gasteiger partial charge in [-0.25, -0.2) is 13.8 Å². The van der Waals surface area contributed by atoms with Crippen LogP contribution in [0.15, 0.2) is 64.3 Å². The first-order chi connectivity index (χ1) is 16.0. The van der Waals surface area contributed by atoms with E-state index in [1.165, 1.54) is 18.3 Å². The van der Waals surface area contributed by atoms with E-state index in [0.717, 1.165) is 17.4 Å². The average Bonchev–Trinajstić information content (AvgIpc) is 3.63. The van der Waals surface area contributed by atoms with Crippen molar-refractivity contribution in [1.29, 1.82) is 0 Å². The van der Waals surface area contributed by atoms with Crippen molar-refractivity contribution >= 4 is 10.9 Å². The van der Waals surface area contributed by atoms with E-state index >= 15 is 0 Å². The fourth-order valence-corrected chi connectivity index (χ4v) is 3.64. The van der Waals surface area contributed by atoms with Crippen molar-refractivity contribution in [3.8, 4) is 17.2 Å². The van der Waals surface area contributed by atoms with E-state index in [1.807, 2.05) is 0 Å². The number of H-pyrrole nitrogens is 1. The molecule has 1 N–H and O–H groups in total. The minimum atomic E-state index is -0.578. The van der Waals surface area contributed by atoms with Gasteiger partial charge in [0.2, 0.25) is 0 Å². The fourth-order valence-electron chi connectivity index (χ4n) is 3.64. The third kappa shape index (κ3) is 4.24. The van der Waals surface area contributed by atoms with E-state index in [4.69, 9.17) is 9.47 Å². The minimum absolute atomic E-state index is 0.0835. The predicted octanol–water partition coefficient (Wildman–Crippen LogP) is 3.89. The van der Waals surface area contributed by atoms with Crippen LogP contribution in [-0.4, -0.2) is 21.1 Å². The van der Waals surface area contributed by atoms with Crippen LogP contribution in [0.1, 0.15) is 24.1 Å². The van der Waals surface area contributed by atoms with Gasteiger partial charge in [-0.1, -0.05) is 12.1 Å². The van der Waals surface area contributed by atoms with Crippen LogP contribution >= 0.6 is 0 Å². The predicted molar refractivity (Wildman–Crippen MR) is 122 cm³/mol. The van der Waals surface area contributed by atoms with Gasteiger partial charge in [0.05, 0.1) is 23.2 Å². The third-order valence-corrected chi connectivity index (χ3v) is 5.70. The van der Waals surface area contributed by atoms with Gasteiger partial charge in [-0.3, -0.25) is 9.78 Å². The molecule has 0 unspecified atom stereocenters. The van der Waals surface area contributed by atoms with Crippen molar-refractivity contribution in [3.63, 3.8) is 0 Å². The Balaban J connectivity index is 1.52. The largest absolute Gasteiger partial charge is 0.491 e. The molecule has 0 bridgehead atoms. The molecule has 8 heteroatoms. The highest BCUT2D eigenvalue weighted by atomic mass is 19.1. The first-order valence-corrected chi connectivity index (χ1v) is 10.8. The number of hydrogen-bond donors (Lipinski definition) is 1. The summed E-state index contributed by atoms with van der Waals surface area (Å²) in [4.78, 5) is 33.1. The lowest BCUT2D eigenvalue weighted by molar-refractivity contribution is 0.294. The average molecular weight is 447 g/mol. The van der Waals surface area contributed by atoms with Crippen LogP contribution in [0, 0.1) is 18.7 Å². The molecule has 1 aliphatic rings. The molecule has 33 heavy (non-hydrogen) atoms. The quantitative estimate of drug-likeness (QED) is 0.465. The molecule has 1 fully saturated rings. The Bertz CT molecular complexity index is 1460. The van der Waals surface area contributed by atoms with Crippen molar-refractivity contribution in [2.45, 2.75) is 26.4 Å². The van der Waals surface area contributed by atoms with Gasteiger partial charge >= 0.3 is 5.69 Å². The van der Waals surface area contributed by atoms with Crippen LogP contribution in [0.2, 0.25) is 0 Å². The Labute approximate surface area is 188 Å². The van der Waals surface area contributed by atoms with Gasteiger partial charge in [0.25, 0.3) is 5.56 Å². The fraction of sp³-hybridized carbons (Fsp3) is 0.240. The van der Waals surface area contributed by atoms with E-state index in [9.17, 15) is 14.0 Å². The Kier molecular flexibility index (Phi) is 5.42. The summed E-state index contributed by atoms with van der Waals surface area (Å²) in [7, 11) is 0. The monoisotopic (exact) mass is 447 g/mol. The van der Waals surface area contributed by atoms with Crippen molar-refractivity contribution in [2.75, 3.05) is 6.61 Å². The number of para-hydroxylation sites is 1. The van der Waals surface area contributed by atoms with E-state index in [-0.39, 0.29) is 12.3 Å². The van der Waals surface area contributed by atoms with Crippen molar-refractivity contribution in [2.24, 2.45) is 5.92 Å². The van der Waals surface area contributed by atoms with Gasteiger partial charge < -0.3 is 14.5 Å². The first kappa shape index (κ1) is 20.9. The highest BCUT2D eigenvalue weighted by Crippen LogP contribution is 2.31. The number of ether oxygens (including phenoxy) is 2. The van der Waals surface area contributed by atoms with Crippen LogP contribution in [0.5, 0.6) is 11.5 Å². The number of pyridine rings is 1. The third-order valence-electron chi connectivity index (χ3n) is 5.70. The molecule has 5 rings (SSSR count). The smallest absolute Gasteiger partial charge is 0.333 e. The lowest BCUT2D eigenvalue weighted by atomic mass is 10.1. The van der Waals surface area contributed by atoms with E-state index < -0.39 is 17.1 Å². The Hall–Kier alpha value is -3.94. The summed E-state index contributed by atoms with van der Waals surface area (Å²) in [5, 5.41) is 0.351. The Morgan fingerprint density at radius 3 is 2.76 bits per heavy atom. The summed E-state index contributed by atoms with van der Waals surface area (Å²) in [5.41, 5.74) is 0.609. The van der Waals surface area contributed by atoms with Crippen molar-refractivity contribution in [3.05, 3.63) is 92.6 Å². The van der Waals surface area contributed by atoms with Gasteiger partial charge in [-0.05, 0) is 61.6 Å². The number of hydrogen-bond acceptors (Lipinski definition) is 5. The van der Waals surface area contributed by atoms with Crippen molar-refractivity contribution < 1.29 is 13.9 Å². The van der Waals surface area contributed by atoms with Gasteiger partial charge in [-0.2, -0.15) is 0 Å². The zero-order valence-corrected chi connectivity index (χ0v) is 18.0. The number of nitrogens with zero attached hydrogens (tertiary/aromatic N) is 2. The van der Waals surface area contributed by atoms with Gasteiger partial charge in [0, 0.05) is 12.3 Å². The van der Waals surface area contributed by atoms with Crippen LogP contribution in [0.3, 0.4) is 0 Å². The second-order valence-corrected chi connectivity index (χ2v) is 8.17. The highest BCUT2D eigenvalue weighted by molar-refractivity contribution is 5.83. The second-order valence-electron chi connectivity index (χ2n) is 8.17. The normalized spacial score (nSPS) is 13.3.